The Bertz CT molecular complexity index is 1270. The molecule has 0 bridgehead atoms. The Morgan fingerprint density at radius 1 is 1.18 bits per heavy atom. The molecule has 3 saturated heterocycles. The summed E-state index contributed by atoms with van der Waals surface area (Å²) in [5.74, 6) is -1.09. The van der Waals surface area contributed by atoms with Gasteiger partial charge in [-0.05, 0) is 18.6 Å². The second-order valence-corrected chi connectivity index (χ2v) is 9.25. The number of fused-ring (bicyclic) bond motifs is 2. The highest BCUT2D eigenvalue weighted by atomic mass is 16.7. The molecule has 2 aromatic heterocycles. The molecule has 5 rings (SSSR count). The first kappa shape index (κ1) is 26.6. The Morgan fingerprint density at radius 2 is 1.95 bits per heavy atom. The minimum absolute atomic E-state index is 0.0349. The molecule has 0 saturated carbocycles. The van der Waals surface area contributed by atoms with Crippen molar-refractivity contribution in [2.24, 2.45) is 0 Å². The van der Waals surface area contributed by atoms with Crippen LogP contribution in [0.1, 0.15) is 25.0 Å². The predicted octanol–water partition coefficient (Wildman–Crippen LogP) is -0.0779. The third-order valence-corrected chi connectivity index (χ3v) is 6.82. The second kappa shape index (κ2) is 11.4. The lowest BCUT2D eigenvalue weighted by molar-refractivity contribution is -0.166. The van der Waals surface area contributed by atoms with Gasteiger partial charge in [-0.25, -0.2) is 14.3 Å². The maximum absolute atomic E-state index is 12.6. The van der Waals surface area contributed by atoms with Gasteiger partial charge in [0.2, 0.25) is 5.60 Å². The summed E-state index contributed by atoms with van der Waals surface area (Å²) < 4.78 is 34.5. The molecule has 39 heavy (non-hydrogen) atoms. The van der Waals surface area contributed by atoms with E-state index in [-0.39, 0.29) is 37.4 Å². The molecule has 0 aliphatic carbocycles. The number of ether oxygens (including phenoxy) is 6. The average molecular weight is 545 g/mol. The van der Waals surface area contributed by atoms with Crippen LogP contribution in [0.4, 0.5) is 10.6 Å². The van der Waals surface area contributed by atoms with Crippen LogP contribution in [0.25, 0.3) is 5.52 Å². The van der Waals surface area contributed by atoms with Gasteiger partial charge in [0.25, 0.3) is 0 Å². The van der Waals surface area contributed by atoms with Gasteiger partial charge < -0.3 is 34.2 Å². The lowest BCUT2D eigenvalue weighted by Crippen LogP contribution is -2.45. The van der Waals surface area contributed by atoms with E-state index >= 15 is 0 Å². The van der Waals surface area contributed by atoms with Crippen LogP contribution in [0.15, 0.2) is 18.5 Å². The third-order valence-electron chi connectivity index (χ3n) is 6.82. The zero-order valence-corrected chi connectivity index (χ0v) is 21.0. The number of carbonyl (C=O) groups excluding carboxylic acids is 3. The van der Waals surface area contributed by atoms with Crippen LogP contribution in [-0.4, -0.2) is 102 Å². The average Bonchev–Trinajstić information content (AvgIpc) is 3.50. The van der Waals surface area contributed by atoms with Gasteiger partial charge in [-0.15, -0.1) is 0 Å². The summed E-state index contributed by atoms with van der Waals surface area (Å²) >= 11 is 0. The number of rotatable bonds is 6. The molecule has 0 unspecified atom stereocenters. The first-order valence-corrected chi connectivity index (χ1v) is 12.6. The van der Waals surface area contributed by atoms with E-state index in [0.29, 0.717) is 25.3 Å². The maximum atomic E-state index is 12.6. The number of nitrogens with zero attached hydrogens (tertiary/aromatic N) is 5. The molecule has 0 aromatic carbocycles. The number of carbonyl (C=O) groups is 3. The standard InChI is InChI=1S/C24H28N6O9/c25-13-24(17-5-4-15-22(26)27-14-28-30(15)17)21-20(37-18(31)2-1-3-19(32)38-21)16(39-24)12-36-23(33)35-11-8-29-6-9-34-10-7-29/h4-5,14,16,20-21H,1-3,6-12H2,(H2,26,27,28)/t16-,20-,21-,24+/m1/s1. The van der Waals surface area contributed by atoms with Gasteiger partial charge in [0.15, 0.2) is 18.0 Å². The summed E-state index contributed by atoms with van der Waals surface area (Å²) in [5, 5.41) is 14.6. The van der Waals surface area contributed by atoms with E-state index in [1.807, 2.05) is 0 Å². The quantitative estimate of drug-likeness (QED) is 0.375. The molecule has 2 N–H and O–H groups in total. The van der Waals surface area contributed by atoms with Crippen molar-refractivity contribution < 1.29 is 42.8 Å². The number of hydrogen-bond donors (Lipinski definition) is 1. The molecule has 3 fully saturated rings. The van der Waals surface area contributed by atoms with E-state index < -0.39 is 48.6 Å². The molecular formula is C24H28N6O9. The summed E-state index contributed by atoms with van der Waals surface area (Å²) in [7, 11) is 0. The highest BCUT2D eigenvalue weighted by Gasteiger charge is 2.63. The fourth-order valence-corrected chi connectivity index (χ4v) is 4.87. The monoisotopic (exact) mass is 544 g/mol. The van der Waals surface area contributed by atoms with Crippen LogP contribution in [0.2, 0.25) is 0 Å². The molecule has 0 amide bonds. The summed E-state index contributed by atoms with van der Waals surface area (Å²) in [5.41, 5.74) is 4.53. The smallest absolute Gasteiger partial charge is 0.455 e. The SMILES string of the molecule is N#C[C@@]1(c2ccc3c(N)ncnn23)O[C@H](COC(=O)OCCN2CCOCC2)[C@H]2OC(=O)CCCC(=O)O[C@H]21. The number of nitrogen functional groups attached to an aromatic ring is 1. The van der Waals surface area contributed by atoms with Crippen molar-refractivity contribution in [1.82, 2.24) is 19.5 Å². The molecular weight excluding hydrogens is 516 g/mol. The molecule has 0 radical (unpaired) electrons. The number of aromatic nitrogens is 3. The molecule has 2 aromatic rings. The number of nitrogens with two attached hydrogens (primary N) is 1. The first-order chi connectivity index (χ1) is 18.9. The molecule has 3 aliphatic heterocycles. The Kier molecular flexibility index (Phi) is 7.77. The van der Waals surface area contributed by atoms with E-state index in [9.17, 15) is 19.6 Å². The molecule has 208 valence electrons. The molecule has 5 heterocycles. The Morgan fingerprint density at radius 3 is 2.72 bits per heavy atom. The molecule has 15 heteroatoms. The van der Waals surface area contributed by atoms with Crippen molar-refractivity contribution in [1.29, 1.82) is 5.26 Å². The summed E-state index contributed by atoms with van der Waals surface area (Å²) in [4.78, 5) is 43.5. The Hall–Kier alpha value is -4.00. The van der Waals surface area contributed by atoms with Crippen LogP contribution in [0.5, 0.6) is 0 Å². The van der Waals surface area contributed by atoms with Crippen LogP contribution >= 0.6 is 0 Å². The second-order valence-electron chi connectivity index (χ2n) is 9.25. The number of morpholine rings is 1. The van der Waals surface area contributed by atoms with Gasteiger partial charge in [-0.1, -0.05) is 0 Å². The zero-order chi connectivity index (χ0) is 27.4. The van der Waals surface area contributed by atoms with E-state index in [1.165, 1.54) is 16.9 Å². The summed E-state index contributed by atoms with van der Waals surface area (Å²) in [6, 6.07) is 5.20. The van der Waals surface area contributed by atoms with Crippen LogP contribution < -0.4 is 5.73 Å². The van der Waals surface area contributed by atoms with Crippen molar-refractivity contribution in [3.8, 4) is 6.07 Å². The Labute approximate surface area is 222 Å². The first-order valence-electron chi connectivity index (χ1n) is 12.6. The maximum Gasteiger partial charge on any atom is 0.508 e. The largest absolute Gasteiger partial charge is 0.508 e. The molecule has 4 atom stereocenters. The molecule has 0 spiro atoms. The fraction of sp³-hybridized carbons (Fsp3) is 0.583. The third kappa shape index (κ3) is 5.44. The van der Waals surface area contributed by atoms with Crippen molar-refractivity contribution in [2.45, 2.75) is 43.2 Å². The number of hydrogen-bond acceptors (Lipinski definition) is 14. The summed E-state index contributed by atoms with van der Waals surface area (Å²) in [6.07, 6.45) is -3.45. The highest BCUT2D eigenvalue weighted by Crippen LogP contribution is 2.44. The number of nitriles is 1. The topological polar surface area (TPSA) is 190 Å². The van der Waals surface area contributed by atoms with Crippen molar-refractivity contribution in [2.75, 3.05) is 51.8 Å². The van der Waals surface area contributed by atoms with Crippen molar-refractivity contribution >= 4 is 29.4 Å². The summed E-state index contributed by atoms with van der Waals surface area (Å²) in [6.45, 7) is 2.89. The van der Waals surface area contributed by atoms with E-state index in [2.05, 4.69) is 21.1 Å². The highest BCUT2D eigenvalue weighted by molar-refractivity contribution is 5.74. The number of anilines is 1. The van der Waals surface area contributed by atoms with E-state index in [0.717, 1.165) is 13.1 Å². The zero-order valence-electron chi connectivity index (χ0n) is 21.0. The van der Waals surface area contributed by atoms with Gasteiger partial charge in [0.1, 0.15) is 37.2 Å². The van der Waals surface area contributed by atoms with Crippen LogP contribution in [0.3, 0.4) is 0 Å². The van der Waals surface area contributed by atoms with Gasteiger partial charge in [0.05, 0.1) is 18.9 Å². The van der Waals surface area contributed by atoms with Crippen LogP contribution in [0, 0.1) is 11.3 Å². The Balaban J connectivity index is 1.38. The minimum atomic E-state index is -1.98. The fourth-order valence-electron chi connectivity index (χ4n) is 4.87. The van der Waals surface area contributed by atoms with Gasteiger partial charge in [-0.2, -0.15) is 10.4 Å². The van der Waals surface area contributed by atoms with Gasteiger partial charge in [0, 0.05) is 32.5 Å². The van der Waals surface area contributed by atoms with Gasteiger partial charge >= 0.3 is 18.1 Å². The van der Waals surface area contributed by atoms with E-state index in [1.54, 1.807) is 6.07 Å². The normalized spacial score (nSPS) is 27.8. The van der Waals surface area contributed by atoms with Crippen molar-refractivity contribution in [3.05, 3.63) is 24.2 Å². The molecule has 3 aliphatic rings. The lowest BCUT2D eigenvalue weighted by Gasteiger charge is -2.28. The van der Waals surface area contributed by atoms with Gasteiger partial charge in [-0.3, -0.25) is 14.5 Å². The van der Waals surface area contributed by atoms with Crippen LogP contribution in [-0.2, 0) is 43.6 Å². The van der Waals surface area contributed by atoms with E-state index in [4.69, 9.17) is 34.2 Å². The number of esters is 2. The molecule has 15 nitrogen and oxygen atoms in total. The van der Waals surface area contributed by atoms with Crippen molar-refractivity contribution in [3.63, 3.8) is 0 Å². The predicted molar refractivity (Wildman–Crippen MR) is 128 cm³/mol. The minimum Gasteiger partial charge on any atom is -0.455 e. The lowest BCUT2D eigenvalue weighted by atomic mass is 9.92.